The first-order valence-corrected chi connectivity index (χ1v) is 12.0. The molecule has 9 heteroatoms. The minimum Gasteiger partial charge on any atom is -0.496 e. The molecule has 0 bridgehead atoms. The van der Waals surface area contributed by atoms with Crippen molar-refractivity contribution in [1.82, 2.24) is 20.5 Å². The number of hydrogen-bond donors (Lipinski definition) is 3. The van der Waals surface area contributed by atoms with E-state index in [9.17, 15) is 19.2 Å². The summed E-state index contributed by atoms with van der Waals surface area (Å²) >= 11 is 0. The number of carbonyl (C=O) groups excluding carboxylic acids is 4. The monoisotopic (exact) mass is 466 g/mol. The molecule has 5 unspecified atom stereocenters. The number of fused-ring (bicyclic) bond motifs is 2. The lowest BCUT2D eigenvalue weighted by molar-refractivity contribution is -0.129. The molecule has 2 aromatic rings. The van der Waals surface area contributed by atoms with Crippen LogP contribution in [-0.2, 0) is 14.4 Å². The van der Waals surface area contributed by atoms with Gasteiger partial charge in [0.15, 0.2) is 0 Å². The van der Waals surface area contributed by atoms with Crippen LogP contribution in [0.3, 0.4) is 0 Å². The summed E-state index contributed by atoms with van der Waals surface area (Å²) in [4.78, 5) is 55.5. The number of nitrogens with one attached hydrogen (secondary N) is 3. The number of likely N-dealkylation sites (tertiary alicyclic amines) is 1. The molecule has 2 aliphatic heterocycles. The van der Waals surface area contributed by atoms with Gasteiger partial charge < -0.3 is 30.0 Å². The van der Waals surface area contributed by atoms with E-state index in [0.717, 1.165) is 30.2 Å². The van der Waals surface area contributed by atoms with E-state index < -0.39 is 12.1 Å². The van der Waals surface area contributed by atoms with Crippen molar-refractivity contribution in [3.8, 4) is 5.75 Å². The summed E-state index contributed by atoms with van der Waals surface area (Å²) in [6.45, 7) is 1.11. The Morgan fingerprint density at radius 1 is 1.29 bits per heavy atom. The number of aromatic nitrogens is 1. The lowest BCUT2D eigenvalue weighted by atomic mass is 9.92. The molecular weight excluding hydrogens is 436 g/mol. The predicted octanol–water partition coefficient (Wildman–Crippen LogP) is 1.63. The van der Waals surface area contributed by atoms with Gasteiger partial charge in [-0.15, -0.1) is 0 Å². The van der Waals surface area contributed by atoms with Crippen LogP contribution in [0.1, 0.15) is 42.6 Å². The SMILES string of the molecule is COc1cccc2[nH]c(C(=O)N3CC4CCCC4C3C(=O)NC(C=O)CC3CCNC3=O)cc12. The van der Waals surface area contributed by atoms with Gasteiger partial charge in [0.05, 0.1) is 13.2 Å². The summed E-state index contributed by atoms with van der Waals surface area (Å²) in [5.74, 6) is 0.114. The van der Waals surface area contributed by atoms with Crippen LogP contribution in [-0.4, -0.2) is 66.2 Å². The van der Waals surface area contributed by atoms with Crippen molar-refractivity contribution in [1.29, 1.82) is 0 Å². The Morgan fingerprint density at radius 2 is 2.15 bits per heavy atom. The van der Waals surface area contributed by atoms with Gasteiger partial charge in [-0.1, -0.05) is 12.5 Å². The van der Waals surface area contributed by atoms with Crippen molar-refractivity contribution in [2.24, 2.45) is 17.8 Å². The normalized spacial score (nSPS) is 26.9. The molecule has 1 aromatic carbocycles. The lowest BCUT2D eigenvalue weighted by Crippen LogP contribution is -2.52. The maximum absolute atomic E-state index is 13.6. The van der Waals surface area contributed by atoms with Crippen molar-refractivity contribution < 1.29 is 23.9 Å². The van der Waals surface area contributed by atoms with Gasteiger partial charge in [-0.05, 0) is 55.7 Å². The fourth-order valence-electron chi connectivity index (χ4n) is 6.02. The summed E-state index contributed by atoms with van der Waals surface area (Å²) in [5.41, 5.74) is 1.20. The third kappa shape index (κ3) is 3.93. The van der Waals surface area contributed by atoms with E-state index in [4.69, 9.17) is 4.74 Å². The highest BCUT2D eigenvalue weighted by Crippen LogP contribution is 2.43. The first-order chi connectivity index (χ1) is 16.5. The smallest absolute Gasteiger partial charge is 0.271 e. The van der Waals surface area contributed by atoms with Gasteiger partial charge >= 0.3 is 0 Å². The number of hydrogen-bond acceptors (Lipinski definition) is 5. The van der Waals surface area contributed by atoms with Crippen molar-refractivity contribution in [3.63, 3.8) is 0 Å². The van der Waals surface area contributed by atoms with E-state index in [2.05, 4.69) is 15.6 Å². The Hall–Kier alpha value is -3.36. The molecule has 3 fully saturated rings. The molecule has 0 spiro atoms. The zero-order valence-corrected chi connectivity index (χ0v) is 19.2. The Morgan fingerprint density at radius 3 is 2.88 bits per heavy atom. The summed E-state index contributed by atoms with van der Waals surface area (Å²) in [6.07, 6.45) is 4.52. The molecule has 9 nitrogen and oxygen atoms in total. The van der Waals surface area contributed by atoms with E-state index in [1.54, 1.807) is 18.1 Å². The number of benzene rings is 1. The molecule has 5 atom stereocenters. The Bertz CT molecular complexity index is 1130. The van der Waals surface area contributed by atoms with Crippen LogP contribution in [0, 0.1) is 17.8 Å². The second-order valence-electron chi connectivity index (χ2n) is 9.63. The van der Waals surface area contributed by atoms with Crippen LogP contribution in [0.25, 0.3) is 10.9 Å². The first-order valence-electron chi connectivity index (χ1n) is 12.0. The van der Waals surface area contributed by atoms with Crippen molar-refractivity contribution in [2.75, 3.05) is 20.2 Å². The van der Waals surface area contributed by atoms with E-state index in [0.29, 0.717) is 37.2 Å². The minimum atomic E-state index is -0.754. The van der Waals surface area contributed by atoms with E-state index >= 15 is 0 Å². The fourth-order valence-corrected chi connectivity index (χ4v) is 6.02. The number of carbonyl (C=O) groups is 4. The number of amides is 3. The van der Waals surface area contributed by atoms with Crippen molar-refractivity contribution >= 4 is 34.9 Å². The molecule has 1 aliphatic carbocycles. The highest BCUT2D eigenvalue weighted by atomic mass is 16.5. The molecule has 180 valence electrons. The molecule has 3 aliphatic rings. The zero-order chi connectivity index (χ0) is 23.8. The number of rotatable bonds is 7. The summed E-state index contributed by atoms with van der Waals surface area (Å²) in [6, 6.07) is 5.96. The third-order valence-corrected chi connectivity index (χ3v) is 7.69. The minimum absolute atomic E-state index is 0.0740. The average Bonchev–Trinajstić information content (AvgIpc) is 3.61. The van der Waals surface area contributed by atoms with Gasteiger partial charge in [0.1, 0.15) is 23.8 Å². The van der Waals surface area contributed by atoms with Crippen LogP contribution in [0.2, 0.25) is 0 Å². The average molecular weight is 467 g/mol. The van der Waals surface area contributed by atoms with E-state index in [1.807, 2.05) is 18.2 Å². The van der Waals surface area contributed by atoms with Crippen molar-refractivity contribution in [2.45, 2.75) is 44.2 Å². The second-order valence-corrected chi connectivity index (χ2v) is 9.63. The van der Waals surface area contributed by atoms with Crippen LogP contribution >= 0.6 is 0 Å². The van der Waals surface area contributed by atoms with Crippen molar-refractivity contribution in [3.05, 3.63) is 30.0 Å². The molecule has 3 N–H and O–H groups in total. The molecular formula is C25H30N4O5. The fraction of sp³-hybridized carbons (Fsp3) is 0.520. The topological polar surface area (TPSA) is 121 Å². The maximum Gasteiger partial charge on any atom is 0.271 e. The first kappa shape index (κ1) is 22.4. The molecule has 1 aromatic heterocycles. The molecule has 5 rings (SSSR count). The van der Waals surface area contributed by atoms with Crippen LogP contribution in [0.15, 0.2) is 24.3 Å². The summed E-state index contributed by atoms with van der Waals surface area (Å²) in [5, 5.41) is 6.41. The highest BCUT2D eigenvalue weighted by molar-refractivity contribution is 6.02. The van der Waals surface area contributed by atoms with Gasteiger partial charge in [0.25, 0.3) is 5.91 Å². The molecule has 2 saturated heterocycles. The number of nitrogens with zero attached hydrogens (tertiary/aromatic N) is 1. The van der Waals surface area contributed by atoms with Gasteiger partial charge in [0, 0.05) is 29.9 Å². The third-order valence-electron chi connectivity index (χ3n) is 7.69. The molecule has 3 heterocycles. The van der Waals surface area contributed by atoms with Crippen LogP contribution < -0.4 is 15.4 Å². The lowest BCUT2D eigenvalue weighted by Gasteiger charge is -2.28. The second kappa shape index (κ2) is 9.12. The Kier molecular flexibility index (Phi) is 6.02. The summed E-state index contributed by atoms with van der Waals surface area (Å²) < 4.78 is 5.41. The van der Waals surface area contributed by atoms with Gasteiger partial charge in [-0.3, -0.25) is 14.4 Å². The largest absolute Gasteiger partial charge is 0.496 e. The van der Waals surface area contributed by atoms with Gasteiger partial charge in [0.2, 0.25) is 11.8 Å². The van der Waals surface area contributed by atoms with Gasteiger partial charge in [-0.25, -0.2) is 0 Å². The van der Waals surface area contributed by atoms with Crippen LogP contribution in [0.4, 0.5) is 0 Å². The Labute approximate surface area is 197 Å². The maximum atomic E-state index is 13.6. The van der Waals surface area contributed by atoms with E-state index in [1.165, 1.54) is 0 Å². The summed E-state index contributed by atoms with van der Waals surface area (Å²) in [7, 11) is 1.59. The molecule has 3 amide bonds. The molecule has 34 heavy (non-hydrogen) atoms. The quantitative estimate of drug-likeness (QED) is 0.536. The predicted molar refractivity (Wildman–Crippen MR) is 124 cm³/mol. The number of ether oxygens (including phenoxy) is 1. The number of methoxy groups -OCH3 is 1. The number of aldehydes is 1. The van der Waals surface area contributed by atoms with E-state index in [-0.39, 0.29) is 41.9 Å². The molecule has 0 radical (unpaired) electrons. The highest BCUT2D eigenvalue weighted by Gasteiger charge is 2.50. The number of H-pyrrole nitrogens is 1. The molecule has 1 saturated carbocycles. The zero-order valence-electron chi connectivity index (χ0n) is 19.2. The van der Waals surface area contributed by atoms with Crippen LogP contribution in [0.5, 0.6) is 5.75 Å². The standard InChI is InChI=1S/C25H30N4O5/c1-34-21-7-3-6-19-18(21)11-20(28-19)25(33)29-12-15-4-2-5-17(15)22(29)24(32)27-16(13-30)10-14-8-9-26-23(14)31/h3,6-7,11,13-17,22,28H,2,4-5,8-10,12H2,1H3,(H,26,31)(H,27,32). The Balaban J connectivity index is 1.37. The van der Waals surface area contributed by atoms with Gasteiger partial charge in [-0.2, -0.15) is 0 Å². The number of aromatic amines is 1.